The summed E-state index contributed by atoms with van der Waals surface area (Å²) in [6.07, 6.45) is 0.225. The first-order chi connectivity index (χ1) is 8.40. The van der Waals surface area contributed by atoms with Gasteiger partial charge in [0.1, 0.15) is 5.76 Å². The molecule has 102 valence electrons. The van der Waals surface area contributed by atoms with E-state index in [1.54, 1.807) is 13.0 Å². The van der Waals surface area contributed by atoms with Crippen LogP contribution in [0.15, 0.2) is 10.5 Å². The summed E-state index contributed by atoms with van der Waals surface area (Å²) in [6, 6.07) is 1.77. The highest BCUT2D eigenvalue weighted by Crippen LogP contribution is 2.15. The normalized spacial score (nSPS) is 11.4. The van der Waals surface area contributed by atoms with Crippen LogP contribution in [0.1, 0.15) is 35.7 Å². The van der Waals surface area contributed by atoms with Crippen LogP contribution >= 0.6 is 0 Å². The van der Waals surface area contributed by atoms with Crippen molar-refractivity contribution in [2.45, 2.75) is 33.4 Å². The lowest BCUT2D eigenvalue weighted by molar-refractivity contribution is 0.0602. The second-order valence-electron chi connectivity index (χ2n) is 4.69. The number of carboxylic acid groups (broad SMARTS) is 1. The maximum absolute atomic E-state index is 10.8. The highest BCUT2D eigenvalue weighted by molar-refractivity contribution is 5.86. The topological polar surface area (TPSA) is 62.9 Å². The SMILES string of the molecule is Cc1cc(CN(C)CCOC(C)C)oc1C(=O)O. The summed E-state index contributed by atoms with van der Waals surface area (Å²) in [4.78, 5) is 12.9. The standard InChI is InChI=1S/C13H21NO4/c1-9(2)17-6-5-14(4)8-11-7-10(3)12(18-11)13(15)16/h7,9H,5-6,8H2,1-4H3,(H,15,16). The number of ether oxygens (including phenoxy) is 1. The summed E-state index contributed by atoms with van der Waals surface area (Å²) in [5.41, 5.74) is 0.657. The number of nitrogens with zero attached hydrogens (tertiary/aromatic N) is 1. The maximum atomic E-state index is 10.8. The predicted molar refractivity (Wildman–Crippen MR) is 67.8 cm³/mol. The molecule has 5 heteroatoms. The average molecular weight is 255 g/mol. The Morgan fingerprint density at radius 3 is 2.72 bits per heavy atom. The molecule has 0 amide bonds. The van der Waals surface area contributed by atoms with Gasteiger partial charge in [0.2, 0.25) is 5.76 Å². The van der Waals surface area contributed by atoms with Crippen LogP contribution in [0.3, 0.4) is 0 Å². The van der Waals surface area contributed by atoms with Crippen molar-refractivity contribution in [1.82, 2.24) is 4.90 Å². The molecule has 0 saturated carbocycles. The van der Waals surface area contributed by atoms with Crippen LogP contribution in [0.4, 0.5) is 0 Å². The molecule has 0 unspecified atom stereocenters. The van der Waals surface area contributed by atoms with Gasteiger partial charge in [-0.3, -0.25) is 4.90 Å². The third kappa shape index (κ3) is 4.50. The number of hydrogen-bond donors (Lipinski definition) is 1. The number of hydrogen-bond acceptors (Lipinski definition) is 4. The van der Waals surface area contributed by atoms with E-state index in [1.165, 1.54) is 0 Å². The molecule has 0 fully saturated rings. The highest BCUT2D eigenvalue weighted by Gasteiger charge is 2.15. The minimum atomic E-state index is -1.02. The lowest BCUT2D eigenvalue weighted by Crippen LogP contribution is -2.23. The second kappa shape index (κ2) is 6.56. The van der Waals surface area contributed by atoms with Gasteiger partial charge >= 0.3 is 5.97 Å². The molecular formula is C13H21NO4. The molecule has 0 aliphatic rings. The van der Waals surface area contributed by atoms with Crippen LogP contribution in [0.2, 0.25) is 0 Å². The Morgan fingerprint density at radius 1 is 1.56 bits per heavy atom. The third-order valence-electron chi connectivity index (χ3n) is 2.51. The molecule has 5 nitrogen and oxygen atoms in total. The quantitative estimate of drug-likeness (QED) is 0.808. The van der Waals surface area contributed by atoms with E-state index in [9.17, 15) is 4.79 Å². The fourth-order valence-electron chi connectivity index (χ4n) is 1.63. The number of carboxylic acids is 1. The zero-order chi connectivity index (χ0) is 13.7. The molecule has 0 spiro atoms. The van der Waals surface area contributed by atoms with Gasteiger partial charge in [-0.2, -0.15) is 0 Å². The monoisotopic (exact) mass is 255 g/mol. The van der Waals surface area contributed by atoms with Gasteiger partial charge in [-0.1, -0.05) is 0 Å². The van der Waals surface area contributed by atoms with E-state index in [1.807, 2.05) is 25.8 Å². The predicted octanol–water partition coefficient (Wildman–Crippen LogP) is 2.14. The van der Waals surface area contributed by atoms with E-state index in [4.69, 9.17) is 14.3 Å². The third-order valence-corrected chi connectivity index (χ3v) is 2.51. The van der Waals surface area contributed by atoms with Crippen molar-refractivity contribution < 1.29 is 19.1 Å². The molecule has 0 saturated heterocycles. The smallest absolute Gasteiger partial charge is 0.372 e. The van der Waals surface area contributed by atoms with Crippen molar-refractivity contribution in [3.63, 3.8) is 0 Å². The van der Waals surface area contributed by atoms with E-state index in [-0.39, 0.29) is 11.9 Å². The van der Waals surface area contributed by atoms with Crippen molar-refractivity contribution in [1.29, 1.82) is 0 Å². The number of likely N-dealkylation sites (N-methyl/N-ethyl adjacent to an activating group) is 1. The average Bonchev–Trinajstić information content (AvgIpc) is 2.58. The van der Waals surface area contributed by atoms with Crippen molar-refractivity contribution in [2.24, 2.45) is 0 Å². The Bertz CT molecular complexity index is 398. The molecule has 0 aliphatic heterocycles. The van der Waals surface area contributed by atoms with Crippen LogP contribution in [-0.4, -0.2) is 42.3 Å². The summed E-state index contributed by atoms with van der Waals surface area (Å²) >= 11 is 0. The molecule has 1 heterocycles. The lowest BCUT2D eigenvalue weighted by atomic mass is 10.2. The van der Waals surface area contributed by atoms with Crippen molar-refractivity contribution in [3.05, 3.63) is 23.2 Å². The first-order valence-electron chi connectivity index (χ1n) is 6.03. The van der Waals surface area contributed by atoms with Crippen LogP contribution in [0, 0.1) is 6.92 Å². The van der Waals surface area contributed by atoms with Gasteiger partial charge in [-0.15, -0.1) is 0 Å². The minimum Gasteiger partial charge on any atom is -0.475 e. The molecule has 1 N–H and O–H groups in total. The molecule has 0 aromatic carbocycles. The summed E-state index contributed by atoms with van der Waals surface area (Å²) in [5, 5.41) is 8.89. The number of carbonyl (C=O) groups is 1. The molecular weight excluding hydrogens is 234 g/mol. The summed E-state index contributed by atoms with van der Waals surface area (Å²) < 4.78 is 10.7. The molecule has 0 bridgehead atoms. The molecule has 1 aromatic heterocycles. The second-order valence-corrected chi connectivity index (χ2v) is 4.69. The fourth-order valence-corrected chi connectivity index (χ4v) is 1.63. The Labute approximate surface area is 107 Å². The van der Waals surface area contributed by atoms with Gasteiger partial charge < -0.3 is 14.3 Å². The van der Waals surface area contributed by atoms with Crippen LogP contribution in [-0.2, 0) is 11.3 Å². The summed E-state index contributed by atoms with van der Waals surface area (Å²) in [7, 11) is 1.95. The highest BCUT2D eigenvalue weighted by atomic mass is 16.5. The van der Waals surface area contributed by atoms with Gasteiger partial charge in [-0.05, 0) is 33.9 Å². The van der Waals surface area contributed by atoms with E-state index in [2.05, 4.69) is 0 Å². The van der Waals surface area contributed by atoms with Gasteiger partial charge in [0, 0.05) is 12.1 Å². The number of furan rings is 1. The largest absolute Gasteiger partial charge is 0.475 e. The van der Waals surface area contributed by atoms with Gasteiger partial charge in [0.15, 0.2) is 0 Å². The van der Waals surface area contributed by atoms with Gasteiger partial charge in [0.25, 0.3) is 0 Å². The first kappa shape index (κ1) is 14.7. The molecule has 18 heavy (non-hydrogen) atoms. The lowest BCUT2D eigenvalue weighted by Gasteiger charge is -2.16. The zero-order valence-corrected chi connectivity index (χ0v) is 11.4. The Hall–Kier alpha value is -1.33. The van der Waals surface area contributed by atoms with Crippen LogP contribution in [0.25, 0.3) is 0 Å². The van der Waals surface area contributed by atoms with Gasteiger partial charge in [0.05, 0.1) is 19.3 Å². The zero-order valence-electron chi connectivity index (χ0n) is 11.4. The summed E-state index contributed by atoms with van der Waals surface area (Å²) in [5.74, 6) is -0.335. The molecule has 1 aromatic rings. The molecule has 0 aliphatic carbocycles. The van der Waals surface area contributed by atoms with Crippen molar-refractivity contribution in [2.75, 3.05) is 20.2 Å². The van der Waals surface area contributed by atoms with E-state index in [0.717, 1.165) is 6.54 Å². The first-order valence-corrected chi connectivity index (χ1v) is 6.03. The fraction of sp³-hybridized carbons (Fsp3) is 0.615. The summed E-state index contributed by atoms with van der Waals surface area (Å²) in [6.45, 7) is 7.73. The van der Waals surface area contributed by atoms with Crippen LogP contribution in [0.5, 0.6) is 0 Å². The molecule has 1 rings (SSSR count). The molecule has 0 radical (unpaired) electrons. The number of rotatable bonds is 7. The van der Waals surface area contributed by atoms with E-state index >= 15 is 0 Å². The van der Waals surface area contributed by atoms with Gasteiger partial charge in [-0.25, -0.2) is 4.79 Å². The number of aromatic carboxylic acids is 1. The Balaban J connectivity index is 2.47. The van der Waals surface area contributed by atoms with E-state index in [0.29, 0.717) is 24.5 Å². The van der Waals surface area contributed by atoms with Crippen LogP contribution < -0.4 is 0 Å². The van der Waals surface area contributed by atoms with E-state index < -0.39 is 5.97 Å². The van der Waals surface area contributed by atoms with Crippen molar-refractivity contribution >= 4 is 5.97 Å². The molecule has 0 atom stereocenters. The Kier molecular flexibility index (Phi) is 5.37. The van der Waals surface area contributed by atoms with Crippen molar-refractivity contribution in [3.8, 4) is 0 Å². The Morgan fingerprint density at radius 2 is 2.22 bits per heavy atom. The number of aryl methyl sites for hydroxylation is 1. The maximum Gasteiger partial charge on any atom is 0.372 e. The minimum absolute atomic E-state index is 0.0248.